The van der Waals surface area contributed by atoms with Gasteiger partial charge in [-0.2, -0.15) is 0 Å². The molecule has 0 spiro atoms. The molecule has 0 aliphatic carbocycles. The molecule has 0 saturated carbocycles. The van der Waals surface area contributed by atoms with Gasteiger partial charge in [-0.05, 0) is 25.0 Å². The number of carbonyl (C=O) groups is 2. The highest BCUT2D eigenvalue weighted by molar-refractivity contribution is 5.93. The number of nitrogens with one attached hydrogen (secondary N) is 1. The number of hydrogen-bond donors (Lipinski definition) is 1. The number of nitrogens with zero attached hydrogens (tertiary/aromatic N) is 2. The molecule has 0 radical (unpaired) electrons. The molecule has 2 heterocycles. The maximum atomic E-state index is 12.6. The number of ether oxygens (including phenoxy) is 2. The van der Waals surface area contributed by atoms with E-state index in [4.69, 9.17) is 14.0 Å². The first-order chi connectivity index (χ1) is 13.9. The van der Waals surface area contributed by atoms with Crippen molar-refractivity contribution < 1.29 is 23.6 Å². The Bertz CT molecular complexity index is 834. The van der Waals surface area contributed by atoms with Crippen LogP contribution in [0.1, 0.15) is 35.7 Å². The van der Waals surface area contributed by atoms with Crippen molar-refractivity contribution in [1.29, 1.82) is 0 Å². The van der Waals surface area contributed by atoms with Gasteiger partial charge in [-0.3, -0.25) is 9.59 Å². The van der Waals surface area contributed by atoms with E-state index in [0.717, 1.165) is 0 Å². The summed E-state index contributed by atoms with van der Waals surface area (Å²) in [5, 5.41) is 6.72. The summed E-state index contributed by atoms with van der Waals surface area (Å²) < 4.78 is 16.5. The molecule has 1 unspecified atom stereocenters. The maximum Gasteiger partial charge on any atom is 0.273 e. The number of morpholine rings is 1. The predicted octanol–water partition coefficient (Wildman–Crippen LogP) is 2.18. The molecule has 2 amide bonds. The van der Waals surface area contributed by atoms with Gasteiger partial charge in [0, 0.05) is 19.6 Å². The molecule has 8 nitrogen and oxygen atoms in total. The van der Waals surface area contributed by atoms with Crippen LogP contribution in [0.3, 0.4) is 0 Å². The number of hydrogen-bond acceptors (Lipinski definition) is 6. The molecule has 3 rings (SSSR count). The fourth-order valence-electron chi connectivity index (χ4n) is 3.12. The Morgan fingerprint density at radius 2 is 2.10 bits per heavy atom. The molecule has 29 heavy (non-hydrogen) atoms. The van der Waals surface area contributed by atoms with Crippen LogP contribution in [0.2, 0.25) is 0 Å². The first kappa shape index (κ1) is 20.9. The largest absolute Gasteiger partial charge is 0.489 e. The van der Waals surface area contributed by atoms with E-state index >= 15 is 0 Å². The molecule has 1 fully saturated rings. The number of aryl methyl sites for hydroxylation is 1. The Kier molecular flexibility index (Phi) is 6.87. The highest BCUT2D eigenvalue weighted by Gasteiger charge is 2.28. The number of carbonyl (C=O) groups excluding carboxylic acids is 2. The topological polar surface area (TPSA) is 93.9 Å². The van der Waals surface area contributed by atoms with Crippen LogP contribution in [-0.2, 0) is 16.1 Å². The third kappa shape index (κ3) is 5.57. The summed E-state index contributed by atoms with van der Waals surface area (Å²) in [6.07, 6.45) is -0.257. The third-order valence-electron chi connectivity index (χ3n) is 4.62. The minimum atomic E-state index is -0.357. The normalized spacial score (nSPS) is 16.9. The molecule has 1 aromatic heterocycles. The van der Waals surface area contributed by atoms with Gasteiger partial charge < -0.3 is 24.2 Å². The van der Waals surface area contributed by atoms with Crippen LogP contribution in [0.4, 0.5) is 0 Å². The zero-order valence-corrected chi connectivity index (χ0v) is 17.0. The summed E-state index contributed by atoms with van der Waals surface area (Å²) in [5.41, 5.74) is 0.803. The Labute approximate surface area is 170 Å². The average Bonchev–Trinajstić information content (AvgIpc) is 3.07. The van der Waals surface area contributed by atoms with E-state index in [0.29, 0.717) is 36.1 Å². The summed E-state index contributed by atoms with van der Waals surface area (Å²) in [6.45, 7) is 7.50. The van der Waals surface area contributed by atoms with Gasteiger partial charge in [0.2, 0.25) is 5.91 Å². The fraction of sp³-hybridized carbons (Fsp3) is 0.476. The van der Waals surface area contributed by atoms with E-state index < -0.39 is 0 Å². The van der Waals surface area contributed by atoms with Gasteiger partial charge in [-0.25, -0.2) is 0 Å². The standard InChI is InChI=1S/C21H27N3O5/c1-14(2)10-24-11-17(28-13-19(24)25)9-22-21(26)20-18(15(3)29-23-20)12-27-16-7-5-4-6-8-16/h4-8,14,17H,9-13H2,1-3H3,(H,22,26). The smallest absolute Gasteiger partial charge is 0.273 e. The summed E-state index contributed by atoms with van der Waals surface area (Å²) in [4.78, 5) is 26.4. The van der Waals surface area contributed by atoms with E-state index in [1.807, 2.05) is 30.3 Å². The predicted molar refractivity (Wildman–Crippen MR) is 106 cm³/mol. The van der Waals surface area contributed by atoms with Crippen molar-refractivity contribution >= 4 is 11.8 Å². The molecule has 1 N–H and O–H groups in total. The first-order valence-electron chi connectivity index (χ1n) is 9.74. The molecule has 156 valence electrons. The lowest BCUT2D eigenvalue weighted by atomic mass is 10.1. The van der Waals surface area contributed by atoms with E-state index in [9.17, 15) is 9.59 Å². The molecular formula is C21H27N3O5. The van der Waals surface area contributed by atoms with Crippen LogP contribution in [0.25, 0.3) is 0 Å². The molecular weight excluding hydrogens is 374 g/mol. The quantitative estimate of drug-likeness (QED) is 0.729. The minimum Gasteiger partial charge on any atom is -0.489 e. The van der Waals surface area contributed by atoms with Gasteiger partial charge in [-0.15, -0.1) is 0 Å². The number of amides is 2. The molecule has 1 saturated heterocycles. The number of rotatable bonds is 8. The van der Waals surface area contributed by atoms with E-state index in [2.05, 4.69) is 24.3 Å². The van der Waals surface area contributed by atoms with E-state index in [-0.39, 0.29) is 43.4 Å². The number of aromatic nitrogens is 1. The highest BCUT2D eigenvalue weighted by Crippen LogP contribution is 2.18. The van der Waals surface area contributed by atoms with Crippen molar-refractivity contribution in [3.8, 4) is 5.75 Å². The van der Waals surface area contributed by atoms with Crippen molar-refractivity contribution in [2.45, 2.75) is 33.5 Å². The van der Waals surface area contributed by atoms with Crippen LogP contribution >= 0.6 is 0 Å². The van der Waals surface area contributed by atoms with E-state index in [1.165, 1.54) is 0 Å². The second-order valence-electron chi connectivity index (χ2n) is 7.50. The summed E-state index contributed by atoms with van der Waals surface area (Å²) in [7, 11) is 0. The molecule has 8 heteroatoms. The number of benzene rings is 1. The second kappa shape index (κ2) is 9.56. The zero-order chi connectivity index (χ0) is 20.8. The summed E-state index contributed by atoms with van der Waals surface area (Å²) >= 11 is 0. The molecule has 0 bridgehead atoms. The van der Waals surface area contributed by atoms with Crippen LogP contribution in [0, 0.1) is 12.8 Å². The van der Waals surface area contributed by atoms with Crippen LogP contribution in [0.5, 0.6) is 5.75 Å². The summed E-state index contributed by atoms with van der Waals surface area (Å²) in [6, 6.07) is 9.34. The van der Waals surface area contributed by atoms with Crippen molar-refractivity contribution in [3.05, 3.63) is 47.3 Å². The minimum absolute atomic E-state index is 0.0197. The van der Waals surface area contributed by atoms with Crippen molar-refractivity contribution in [2.24, 2.45) is 5.92 Å². The van der Waals surface area contributed by atoms with Crippen LogP contribution in [0.15, 0.2) is 34.9 Å². The van der Waals surface area contributed by atoms with Crippen LogP contribution < -0.4 is 10.1 Å². The second-order valence-corrected chi connectivity index (χ2v) is 7.50. The molecule has 1 atom stereocenters. The Morgan fingerprint density at radius 3 is 2.83 bits per heavy atom. The summed E-state index contributed by atoms with van der Waals surface area (Å²) in [5.74, 6) is 1.23. The fourth-order valence-corrected chi connectivity index (χ4v) is 3.12. The zero-order valence-electron chi connectivity index (χ0n) is 17.0. The SMILES string of the molecule is Cc1onc(C(=O)NCC2CN(CC(C)C)C(=O)CO2)c1COc1ccccc1. The van der Waals surface area contributed by atoms with Crippen molar-refractivity contribution in [2.75, 3.05) is 26.2 Å². The lowest BCUT2D eigenvalue weighted by Crippen LogP contribution is -2.51. The van der Waals surface area contributed by atoms with Crippen LogP contribution in [-0.4, -0.2) is 54.2 Å². The lowest BCUT2D eigenvalue weighted by molar-refractivity contribution is -0.149. The number of para-hydroxylation sites is 1. The van der Waals surface area contributed by atoms with Gasteiger partial charge >= 0.3 is 0 Å². The van der Waals surface area contributed by atoms with Gasteiger partial charge in [0.05, 0.1) is 11.7 Å². The molecule has 2 aromatic rings. The molecule has 1 aliphatic rings. The Morgan fingerprint density at radius 1 is 1.34 bits per heavy atom. The molecule has 1 aromatic carbocycles. The third-order valence-corrected chi connectivity index (χ3v) is 4.62. The van der Waals surface area contributed by atoms with Crippen molar-refractivity contribution in [1.82, 2.24) is 15.4 Å². The van der Waals surface area contributed by atoms with E-state index in [1.54, 1.807) is 11.8 Å². The highest BCUT2D eigenvalue weighted by atomic mass is 16.5. The first-order valence-corrected chi connectivity index (χ1v) is 9.74. The Balaban J connectivity index is 1.56. The van der Waals surface area contributed by atoms with Crippen molar-refractivity contribution in [3.63, 3.8) is 0 Å². The maximum absolute atomic E-state index is 12.6. The Hall–Kier alpha value is -2.87. The lowest BCUT2D eigenvalue weighted by Gasteiger charge is -2.33. The van der Waals surface area contributed by atoms with Gasteiger partial charge in [0.15, 0.2) is 5.69 Å². The van der Waals surface area contributed by atoms with Gasteiger partial charge in [0.25, 0.3) is 5.91 Å². The van der Waals surface area contributed by atoms with Gasteiger partial charge in [0.1, 0.15) is 24.7 Å². The monoisotopic (exact) mass is 401 g/mol. The average molecular weight is 401 g/mol. The van der Waals surface area contributed by atoms with Gasteiger partial charge in [-0.1, -0.05) is 37.2 Å². The molecule has 1 aliphatic heterocycles.